The van der Waals surface area contributed by atoms with Crippen molar-refractivity contribution in [1.82, 2.24) is 30.1 Å². The Bertz CT molecular complexity index is 1490. The number of aliphatic carboxylic acids is 1. The highest BCUT2D eigenvalue weighted by molar-refractivity contribution is 6.35. The predicted octanol–water partition coefficient (Wildman–Crippen LogP) is 5.58. The number of aromatic nitrogens is 3. The Morgan fingerprint density at radius 1 is 1.00 bits per heavy atom. The Hall–Kier alpha value is -3.71. The van der Waals surface area contributed by atoms with Crippen LogP contribution in [0.4, 0.5) is 10.7 Å². The predicted molar refractivity (Wildman–Crippen MR) is 180 cm³/mol. The lowest BCUT2D eigenvalue weighted by molar-refractivity contribution is -0.137. The lowest BCUT2D eigenvalue weighted by Gasteiger charge is -2.38. The van der Waals surface area contributed by atoms with Crippen LogP contribution in [0.3, 0.4) is 0 Å². The zero-order valence-corrected chi connectivity index (χ0v) is 28.2. The second kappa shape index (κ2) is 16.4. The largest absolute Gasteiger partial charge is 0.481 e. The van der Waals surface area contributed by atoms with E-state index in [0.717, 1.165) is 63.2 Å². The molecular weight excluding hydrogens is 645 g/mol. The maximum Gasteiger partial charge on any atom is 0.406 e. The van der Waals surface area contributed by atoms with Gasteiger partial charge in [0.05, 0.1) is 25.2 Å². The summed E-state index contributed by atoms with van der Waals surface area (Å²) in [6, 6.07) is 9.51. The molecule has 0 aliphatic carbocycles. The number of alkyl carbamates (subject to hydrolysis) is 1. The molecule has 0 spiro atoms. The number of hydrogen-bond donors (Lipinski definition) is 2. The fraction of sp³-hybridized carbons (Fsp3) is 0.485. The van der Waals surface area contributed by atoms with Crippen molar-refractivity contribution in [2.45, 2.75) is 45.2 Å². The van der Waals surface area contributed by atoms with Crippen LogP contribution in [-0.2, 0) is 16.1 Å². The number of piperazine rings is 1. The lowest BCUT2D eigenvalue weighted by atomic mass is 9.96. The third kappa shape index (κ3) is 10.1. The van der Waals surface area contributed by atoms with Gasteiger partial charge in [0.1, 0.15) is 0 Å². The molecule has 1 atom stereocenters. The van der Waals surface area contributed by atoms with Gasteiger partial charge in [0.2, 0.25) is 11.8 Å². The molecule has 2 fully saturated rings. The molecular formula is C33H41Cl2N7O5. The molecule has 0 saturated carbocycles. The molecule has 4 heterocycles. The molecule has 2 aliphatic rings. The van der Waals surface area contributed by atoms with Crippen LogP contribution in [0.5, 0.6) is 11.6 Å². The lowest BCUT2D eigenvalue weighted by Crippen LogP contribution is -2.50. The fourth-order valence-corrected chi connectivity index (χ4v) is 6.51. The Labute approximate surface area is 285 Å². The molecule has 2 aliphatic heterocycles. The van der Waals surface area contributed by atoms with Gasteiger partial charge in [-0.15, -0.1) is 0 Å². The summed E-state index contributed by atoms with van der Waals surface area (Å²) < 4.78 is 10.9. The van der Waals surface area contributed by atoms with Gasteiger partial charge in [-0.25, -0.2) is 19.7 Å². The first-order chi connectivity index (χ1) is 22.6. The zero-order chi connectivity index (χ0) is 33.3. The highest BCUT2D eigenvalue weighted by Gasteiger charge is 2.24. The Morgan fingerprint density at radius 2 is 1.68 bits per heavy atom. The van der Waals surface area contributed by atoms with Crippen LogP contribution in [0.25, 0.3) is 11.3 Å². The first-order valence-electron chi connectivity index (χ1n) is 15.9. The van der Waals surface area contributed by atoms with E-state index in [1.807, 2.05) is 24.3 Å². The Morgan fingerprint density at radius 3 is 2.32 bits per heavy atom. The summed E-state index contributed by atoms with van der Waals surface area (Å²) in [6.45, 7) is 8.33. The molecule has 14 heteroatoms. The number of benzene rings is 1. The molecule has 47 heavy (non-hydrogen) atoms. The van der Waals surface area contributed by atoms with Crippen molar-refractivity contribution in [2.24, 2.45) is 5.92 Å². The maximum absolute atomic E-state index is 11.5. The average molecular weight is 687 g/mol. The minimum absolute atomic E-state index is 0.175. The van der Waals surface area contributed by atoms with Gasteiger partial charge >= 0.3 is 12.1 Å². The van der Waals surface area contributed by atoms with Crippen LogP contribution < -0.4 is 15.0 Å². The minimum atomic E-state index is -0.763. The fourth-order valence-electron chi connectivity index (χ4n) is 5.98. The number of carbonyl (C=O) groups is 2. The van der Waals surface area contributed by atoms with Crippen molar-refractivity contribution in [1.29, 1.82) is 0 Å². The third-order valence-corrected chi connectivity index (χ3v) is 9.12. The zero-order valence-electron chi connectivity index (χ0n) is 26.7. The van der Waals surface area contributed by atoms with E-state index in [2.05, 4.69) is 36.9 Å². The number of nitrogens with zero attached hydrogens (tertiary/aromatic N) is 6. The van der Waals surface area contributed by atoms with Gasteiger partial charge in [-0.3, -0.25) is 14.6 Å². The number of likely N-dealkylation sites (tertiary alicyclic amines) is 1. The molecule has 5 rings (SSSR count). The molecule has 3 aromatic rings. The molecule has 2 N–H and O–H groups in total. The summed E-state index contributed by atoms with van der Waals surface area (Å²) in [6.07, 6.45) is 5.66. The van der Waals surface area contributed by atoms with Gasteiger partial charge in [-0.05, 0) is 75.0 Å². The Kier molecular flexibility index (Phi) is 12.1. The SMILES string of the molecule is COC(=O)NCC1CCN(Cc2cc(Oc3cnc(N4CCN(C(C)CCC(=O)O)CC4)nc3)nc(-c3cc(Cl)cc(Cl)c3)c2)CC1. The summed E-state index contributed by atoms with van der Waals surface area (Å²) in [5.41, 5.74) is 2.50. The summed E-state index contributed by atoms with van der Waals surface area (Å²) in [7, 11) is 1.37. The molecule has 2 aromatic heterocycles. The summed E-state index contributed by atoms with van der Waals surface area (Å²) >= 11 is 12.7. The number of nitrogens with one attached hydrogen (secondary N) is 1. The highest BCUT2D eigenvalue weighted by atomic mass is 35.5. The van der Waals surface area contributed by atoms with Crippen molar-refractivity contribution >= 4 is 41.2 Å². The first-order valence-corrected chi connectivity index (χ1v) is 16.6. The van der Waals surface area contributed by atoms with Crippen molar-refractivity contribution < 1.29 is 24.2 Å². The van der Waals surface area contributed by atoms with Crippen LogP contribution in [-0.4, -0.2) is 101 Å². The quantitative estimate of drug-likeness (QED) is 0.247. The van der Waals surface area contributed by atoms with Crippen LogP contribution >= 0.6 is 23.2 Å². The number of amides is 1. The maximum atomic E-state index is 11.5. The topological polar surface area (TPSA) is 133 Å². The number of ether oxygens (including phenoxy) is 2. The molecule has 2 saturated heterocycles. The summed E-state index contributed by atoms with van der Waals surface area (Å²) in [5, 5.41) is 12.8. The van der Waals surface area contributed by atoms with Crippen LogP contribution in [0, 0.1) is 5.92 Å². The number of carboxylic acids is 1. The van der Waals surface area contributed by atoms with E-state index in [9.17, 15) is 9.59 Å². The number of carbonyl (C=O) groups excluding carboxylic acids is 1. The van der Waals surface area contributed by atoms with Crippen molar-refractivity contribution in [3.05, 3.63) is 58.3 Å². The van der Waals surface area contributed by atoms with Gasteiger partial charge in [0.25, 0.3) is 0 Å². The van der Waals surface area contributed by atoms with Gasteiger partial charge in [0, 0.05) is 73.4 Å². The molecule has 12 nitrogen and oxygen atoms in total. The van der Waals surface area contributed by atoms with Crippen LogP contribution in [0.2, 0.25) is 10.0 Å². The van der Waals surface area contributed by atoms with Crippen molar-refractivity contribution in [3.63, 3.8) is 0 Å². The molecule has 0 bridgehead atoms. The monoisotopic (exact) mass is 685 g/mol. The number of piperidine rings is 1. The minimum Gasteiger partial charge on any atom is -0.481 e. The summed E-state index contributed by atoms with van der Waals surface area (Å²) in [5.74, 6) is 1.14. The number of halogens is 2. The molecule has 252 valence electrons. The molecule has 1 amide bonds. The molecule has 1 unspecified atom stereocenters. The third-order valence-electron chi connectivity index (χ3n) is 8.69. The number of rotatable bonds is 12. The second-order valence-electron chi connectivity index (χ2n) is 12.1. The van der Waals surface area contributed by atoms with E-state index in [1.165, 1.54) is 7.11 Å². The van der Waals surface area contributed by atoms with E-state index >= 15 is 0 Å². The van der Waals surface area contributed by atoms with E-state index in [-0.39, 0.29) is 12.5 Å². The summed E-state index contributed by atoms with van der Waals surface area (Å²) in [4.78, 5) is 43.2. The van der Waals surface area contributed by atoms with Gasteiger partial charge in [-0.2, -0.15) is 0 Å². The van der Waals surface area contributed by atoms with Crippen LogP contribution in [0.15, 0.2) is 42.7 Å². The Balaban J connectivity index is 1.24. The van der Waals surface area contributed by atoms with Crippen LogP contribution in [0.1, 0.15) is 38.2 Å². The highest BCUT2D eigenvalue weighted by Crippen LogP contribution is 2.31. The van der Waals surface area contributed by atoms with Gasteiger partial charge in [-0.1, -0.05) is 23.2 Å². The van der Waals surface area contributed by atoms with E-state index in [1.54, 1.807) is 18.5 Å². The number of pyridine rings is 1. The van der Waals surface area contributed by atoms with E-state index in [0.29, 0.717) is 58.7 Å². The average Bonchev–Trinajstić information content (AvgIpc) is 3.06. The second-order valence-corrected chi connectivity index (χ2v) is 12.9. The number of hydrogen-bond acceptors (Lipinski definition) is 10. The van der Waals surface area contributed by atoms with E-state index < -0.39 is 12.1 Å². The van der Waals surface area contributed by atoms with Gasteiger partial charge < -0.3 is 24.8 Å². The van der Waals surface area contributed by atoms with Crippen molar-refractivity contribution in [3.8, 4) is 22.9 Å². The van der Waals surface area contributed by atoms with Gasteiger partial charge in [0.15, 0.2) is 5.75 Å². The normalized spacial score (nSPS) is 16.9. The number of methoxy groups -OCH3 is 1. The molecule has 0 radical (unpaired) electrons. The standard InChI is InChI=1S/C33H41Cl2N7O5/c1-22(3-4-31(43)44)41-9-11-42(12-10-41)32-36-19-28(20-37-32)47-30-14-24(13-29(39-30)25-15-26(34)17-27(35)16-25)21-40-7-5-23(6-8-40)18-38-33(45)46-2/h13-17,19-20,22-23H,3-12,18,21H2,1-2H3,(H,38,45)(H,43,44). The molecule has 1 aromatic carbocycles. The van der Waals surface area contributed by atoms with Crippen molar-refractivity contribution in [2.75, 3.05) is 57.8 Å². The smallest absolute Gasteiger partial charge is 0.406 e. The number of carboxylic acid groups (broad SMARTS) is 1. The number of anilines is 1. The van der Waals surface area contributed by atoms with E-state index in [4.69, 9.17) is 42.8 Å². The first kappa shape index (κ1) is 34.6.